The molecule has 1 amide bonds. The van der Waals surface area contributed by atoms with Crippen molar-refractivity contribution in [3.63, 3.8) is 0 Å². The zero-order valence-electron chi connectivity index (χ0n) is 15.2. The van der Waals surface area contributed by atoms with Gasteiger partial charge >= 0.3 is 6.18 Å². The molecular formula is C20H18F3N3O2. The van der Waals surface area contributed by atoms with Crippen molar-refractivity contribution in [1.82, 2.24) is 9.78 Å². The molecule has 8 heteroatoms. The van der Waals surface area contributed by atoms with Crippen molar-refractivity contribution < 1.29 is 22.7 Å². The minimum absolute atomic E-state index is 0.0128. The van der Waals surface area contributed by atoms with Gasteiger partial charge < -0.3 is 10.1 Å². The fourth-order valence-electron chi connectivity index (χ4n) is 2.68. The molecule has 0 aliphatic rings. The van der Waals surface area contributed by atoms with E-state index in [4.69, 9.17) is 4.74 Å². The summed E-state index contributed by atoms with van der Waals surface area (Å²) in [5.41, 5.74) is 0.833. The lowest BCUT2D eigenvalue weighted by Gasteiger charge is -2.12. The largest absolute Gasteiger partial charge is 0.471 e. The van der Waals surface area contributed by atoms with Gasteiger partial charge in [0.2, 0.25) is 0 Å². The van der Waals surface area contributed by atoms with Gasteiger partial charge in [-0.1, -0.05) is 29.8 Å². The molecule has 5 nitrogen and oxygen atoms in total. The summed E-state index contributed by atoms with van der Waals surface area (Å²) in [6, 6.07) is 11.9. The molecule has 1 N–H and O–H groups in total. The van der Waals surface area contributed by atoms with Crippen LogP contribution in [-0.2, 0) is 12.9 Å². The highest BCUT2D eigenvalue weighted by Crippen LogP contribution is 2.34. The fraction of sp³-hybridized carbons (Fsp3) is 0.200. The average Bonchev–Trinajstić information content (AvgIpc) is 3.10. The van der Waals surface area contributed by atoms with Crippen molar-refractivity contribution >= 4 is 11.6 Å². The Morgan fingerprint density at radius 1 is 1.14 bits per heavy atom. The number of carbonyl (C=O) groups excluding carboxylic acids is 1. The van der Waals surface area contributed by atoms with Crippen molar-refractivity contribution in [3.05, 3.63) is 77.1 Å². The Bertz CT molecular complexity index is 996. The predicted octanol–water partition coefficient (Wildman–Crippen LogP) is 4.81. The van der Waals surface area contributed by atoms with Crippen LogP contribution in [0.3, 0.4) is 0 Å². The van der Waals surface area contributed by atoms with Crippen LogP contribution >= 0.6 is 0 Å². The summed E-state index contributed by atoms with van der Waals surface area (Å²) in [5, 5.41) is 6.32. The van der Waals surface area contributed by atoms with Crippen LogP contribution in [0.25, 0.3) is 0 Å². The number of aryl methyl sites for hydroxylation is 2. The quantitative estimate of drug-likeness (QED) is 0.682. The van der Waals surface area contributed by atoms with E-state index in [1.54, 1.807) is 0 Å². The predicted molar refractivity (Wildman–Crippen MR) is 98.2 cm³/mol. The van der Waals surface area contributed by atoms with Gasteiger partial charge in [0.05, 0.1) is 11.3 Å². The molecule has 3 rings (SSSR count). The summed E-state index contributed by atoms with van der Waals surface area (Å²) in [4.78, 5) is 12.3. The number of anilines is 1. The van der Waals surface area contributed by atoms with Gasteiger partial charge in [-0.2, -0.15) is 18.3 Å². The normalized spacial score (nSPS) is 11.3. The first kappa shape index (κ1) is 19.5. The number of nitrogens with zero attached hydrogens (tertiary/aromatic N) is 2. The second-order valence-electron chi connectivity index (χ2n) is 6.28. The van der Waals surface area contributed by atoms with Crippen LogP contribution in [0.4, 0.5) is 18.9 Å². The summed E-state index contributed by atoms with van der Waals surface area (Å²) >= 11 is 0. The Morgan fingerprint density at radius 2 is 1.89 bits per heavy atom. The summed E-state index contributed by atoms with van der Waals surface area (Å²) < 4.78 is 46.2. The zero-order valence-corrected chi connectivity index (χ0v) is 15.2. The van der Waals surface area contributed by atoms with E-state index in [0.29, 0.717) is 5.75 Å². The summed E-state index contributed by atoms with van der Waals surface area (Å²) in [6.07, 6.45) is -3.04. The van der Waals surface area contributed by atoms with E-state index in [9.17, 15) is 18.0 Å². The molecule has 3 aromatic rings. The Kier molecular flexibility index (Phi) is 5.39. The van der Waals surface area contributed by atoms with Gasteiger partial charge in [-0.15, -0.1) is 0 Å². The maximum absolute atomic E-state index is 13.0. The number of nitrogens with one attached hydrogen (secondary N) is 1. The van der Waals surface area contributed by atoms with E-state index in [1.807, 2.05) is 32.0 Å². The SMILES string of the molecule is Cc1ccc(OCn2ccc(C(=O)Nc3ccccc3C(F)(F)F)n2)c(C)c1. The highest BCUT2D eigenvalue weighted by atomic mass is 19.4. The molecule has 0 aliphatic heterocycles. The number of hydrogen-bond acceptors (Lipinski definition) is 3. The van der Waals surface area contributed by atoms with Crippen LogP contribution in [-0.4, -0.2) is 15.7 Å². The van der Waals surface area contributed by atoms with Crippen LogP contribution in [0.1, 0.15) is 27.2 Å². The van der Waals surface area contributed by atoms with Crippen molar-refractivity contribution in [3.8, 4) is 5.75 Å². The van der Waals surface area contributed by atoms with E-state index in [0.717, 1.165) is 17.2 Å². The van der Waals surface area contributed by atoms with Gasteiger partial charge in [0.25, 0.3) is 5.91 Å². The molecule has 0 spiro atoms. The van der Waals surface area contributed by atoms with Crippen LogP contribution in [0.15, 0.2) is 54.7 Å². The molecule has 1 heterocycles. The molecule has 146 valence electrons. The zero-order chi connectivity index (χ0) is 20.3. The molecule has 0 atom stereocenters. The van der Waals surface area contributed by atoms with Crippen molar-refractivity contribution in [1.29, 1.82) is 0 Å². The minimum Gasteiger partial charge on any atom is -0.471 e. The smallest absolute Gasteiger partial charge is 0.418 e. The molecule has 0 bridgehead atoms. The van der Waals surface area contributed by atoms with E-state index in [2.05, 4.69) is 10.4 Å². The van der Waals surface area contributed by atoms with Crippen molar-refractivity contribution in [2.24, 2.45) is 0 Å². The van der Waals surface area contributed by atoms with Gasteiger partial charge in [0.1, 0.15) is 5.75 Å². The van der Waals surface area contributed by atoms with E-state index in [1.165, 1.54) is 35.1 Å². The van der Waals surface area contributed by atoms with E-state index in [-0.39, 0.29) is 18.1 Å². The Morgan fingerprint density at radius 3 is 2.61 bits per heavy atom. The number of para-hydroxylation sites is 1. The Labute approximate surface area is 159 Å². The van der Waals surface area contributed by atoms with Crippen molar-refractivity contribution in [2.45, 2.75) is 26.8 Å². The van der Waals surface area contributed by atoms with Crippen LogP contribution < -0.4 is 10.1 Å². The fourth-order valence-corrected chi connectivity index (χ4v) is 2.68. The highest BCUT2D eigenvalue weighted by Gasteiger charge is 2.33. The van der Waals surface area contributed by atoms with Gasteiger partial charge in [-0.05, 0) is 43.7 Å². The van der Waals surface area contributed by atoms with E-state index >= 15 is 0 Å². The summed E-state index contributed by atoms with van der Waals surface area (Å²) in [6.45, 7) is 3.96. The third-order valence-electron chi connectivity index (χ3n) is 4.04. The van der Waals surface area contributed by atoms with Gasteiger partial charge in [0, 0.05) is 6.20 Å². The first-order valence-electron chi connectivity index (χ1n) is 8.45. The third-order valence-corrected chi connectivity index (χ3v) is 4.04. The number of halogens is 3. The van der Waals surface area contributed by atoms with E-state index < -0.39 is 17.6 Å². The molecule has 0 radical (unpaired) electrons. The first-order valence-corrected chi connectivity index (χ1v) is 8.45. The molecule has 0 saturated heterocycles. The van der Waals surface area contributed by atoms with Crippen LogP contribution in [0.2, 0.25) is 0 Å². The molecule has 1 aromatic heterocycles. The number of aromatic nitrogens is 2. The lowest BCUT2D eigenvalue weighted by Crippen LogP contribution is -2.17. The maximum Gasteiger partial charge on any atom is 0.418 e. The second kappa shape index (κ2) is 7.75. The summed E-state index contributed by atoms with van der Waals surface area (Å²) in [5.74, 6) is -0.0480. The number of benzene rings is 2. The lowest BCUT2D eigenvalue weighted by molar-refractivity contribution is -0.136. The number of hydrogen-bond donors (Lipinski definition) is 1. The number of carbonyl (C=O) groups is 1. The van der Waals surface area contributed by atoms with Crippen molar-refractivity contribution in [2.75, 3.05) is 5.32 Å². The first-order chi connectivity index (χ1) is 13.2. The second-order valence-corrected chi connectivity index (χ2v) is 6.28. The van der Waals surface area contributed by atoms with Crippen LogP contribution in [0.5, 0.6) is 5.75 Å². The summed E-state index contributed by atoms with van der Waals surface area (Å²) in [7, 11) is 0. The number of rotatable bonds is 5. The number of ether oxygens (including phenoxy) is 1. The Balaban J connectivity index is 1.68. The van der Waals surface area contributed by atoms with Gasteiger partial charge in [-0.25, -0.2) is 4.68 Å². The maximum atomic E-state index is 13.0. The molecule has 0 unspecified atom stereocenters. The number of amides is 1. The molecule has 0 fully saturated rings. The highest BCUT2D eigenvalue weighted by molar-refractivity contribution is 6.03. The molecule has 0 saturated carbocycles. The molecule has 2 aromatic carbocycles. The molecular weight excluding hydrogens is 371 g/mol. The molecule has 28 heavy (non-hydrogen) atoms. The Hall–Kier alpha value is -3.29. The van der Waals surface area contributed by atoms with Gasteiger partial charge in [0.15, 0.2) is 12.4 Å². The third kappa shape index (κ3) is 4.51. The standard InChI is InChI=1S/C20H18F3N3O2/c1-13-7-8-18(14(2)11-13)28-12-26-10-9-17(25-26)19(27)24-16-6-4-3-5-15(16)20(21,22)23/h3-11H,12H2,1-2H3,(H,24,27). The number of alkyl halides is 3. The lowest BCUT2D eigenvalue weighted by atomic mass is 10.1. The van der Waals surface area contributed by atoms with Gasteiger partial charge in [-0.3, -0.25) is 4.79 Å². The topological polar surface area (TPSA) is 56.1 Å². The minimum atomic E-state index is -4.57. The monoisotopic (exact) mass is 389 g/mol. The molecule has 0 aliphatic carbocycles. The van der Waals surface area contributed by atoms with Crippen LogP contribution in [0, 0.1) is 13.8 Å². The average molecular weight is 389 g/mol.